The lowest BCUT2D eigenvalue weighted by Crippen LogP contribution is -2.38. The molecule has 0 spiro atoms. The number of ether oxygens (including phenoxy) is 2. The molecule has 0 amide bonds. The maximum atomic E-state index is 13.5. The number of carbonyl (C=O) groups excluding carboxylic acids is 2. The molecule has 6 nitrogen and oxygen atoms in total. The van der Waals surface area contributed by atoms with Crippen molar-refractivity contribution < 1.29 is 24.2 Å². The quantitative estimate of drug-likeness (QED) is 0.611. The van der Waals surface area contributed by atoms with Crippen molar-refractivity contribution >= 4 is 29.1 Å². The third-order valence-corrected chi connectivity index (χ3v) is 6.59. The number of phenols is 1. The zero-order chi connectivity index (χ0) is 23.7. The lowest BCUT2D eigenvalue weighted by Gasteiger charge is -2.36. The highest BCUT2D eigenvalue weighted by Crippen LogP contribution is 2.47. The molecule has 0 bridgehead atoms. The predicted octanol–water partition coefficient (Wildman–Crippen LogP) is 5.19. The van der Waals surface area contributed by atoms with Gasteiger partial charge in [0, 0.05) is 34.3 Å². The monoisotopic (exact) mass is 467 g/mol. The number of carbonyl (C=O) groups is 2. The van der Waals surface area contributed by atoms with Crippen molar-refractivity contribution in [3.8, 4) is 11.5 Å². The second-order valence-electron chi connectivity index (χ2n) is 8.33. The summed E-state index contributed by atoms with van der Waals surface area (Å²) in [6.07, 6.45) is 0.900. The molecule has 4 rings (SSSR count). The van der Waals surface area contributed by atoms with Crippen LogP contribution < -0.4 is 4.74 Å². The average molecular weight is 468 g/mol. The largest absolute Gasteiger partial charge is 0.504 e. The van der Waals surface area contributed by atoms with Crippen LogP contribution in [-0.4, -0.2) is 36.3 Å². The molecule has 1 aliphatic heterocycles. The summed E-state index contributed by atoms with van der Waals surface area (Å²) < 4.78 is 10.6. The van der Waals surface area contributed by atoms with E-state index in [4.69, 9.17) is 26.1 Å². The Kier molecular flexibility index (Phi) is 6.56. The lowest BCUT2D eigenvalue weighted by molar-refractivity contribution is -0.146. The fourth-order valence-corrected chi connectivity index (χ4v) is 4.94. The highest BCUT2D eigenvalue weighted by atomic mass is 35.5. The van der Waals surface area contributed by atoms with Gasteiger partial charge < -0.3 is 14.6 Å². The SMILES string of the molecule is CCOC(=O)C1C(C)=NC2=C(C(=O)C[C@@H](c3ccc(Cl)cc3)C2)[C@H]1c1ccc(O)c(OC)c1. The van der Waals surface area contributed by atoms with Crippen LogP contribution in [0.5, 0.6) is 11.5 Å². The molecule has 2 aliphatic rings. The van der Waals surface area contributed by atoms with E-state index in [2.05, 4.69) is 0 Å². The first-order chi connectivity index (χ1) is 15.8. The summed E-state index contributed by atoms with van der Waals surface area (Å²) in [7, 11) is 1.46. The number of hydrogen-bond donors (Lipinski definition) is 1. The fraction of sp³-hybridized carbons (Fsp3) is 0.346. The maximum absolute atomic E-state index is 13.5. The van der Waals surface area contributed by atoms with Crippen LogP contribution in [0.1, 0.15) is 49.7 Å². The molecule has 0 aromatic heterocycles. The van der Waals surface area contributed by atoms with Gasteiger partial charge in [-0.25, -0.2) is 0 Å². The van der Waals surface area contributed by atoms with Gasteiger partial charge in [0.05, 0.1) is 13.7 Å². The minimum absolute atomic E-state index is 0.0119. The number of allylic oxidation sites excluding steroid dienone is 2. The molecule has 2 aromatic carbocycles. The molecular weight excluding hydrogens is 442 g/mol. The van der Waals surface area contributed by atoms with Crippen LogP contribution in [0, 0.1) is 5.92 Å². The summed E-state index contributed by atoms with van der Waals surface area (Å²) in [6.45, 7) is 3.78. The molecule has 0 saturated carbocycles. The van der Waals surface area contributed by atoms with Crippen LogP contribution in [0.3, 0.4) is 0 Å². The Morgan fingerprint density at radius 3 is 2.52 bits per heavy atom. The number of methoxy groups -OCH3 is 1. The van der Waals surface area contributed by atoms with Gasteiger partial charge in [0.1, 0.15) is 5.92 Å². The molecule has 1 unspecified atom stereocenters. The first kappa shape index (κ1) is 23.1. The molecule has 0 fully saturated rings. The number of aromatic hydroxyl groups is 1. The second-order valence-corrected chi connectivity index (χ2v) is 8.77. The van der Waals surface area contributed by atoms with E-state index in [1.54, 1.807) is 26.0 Å². The third kappa shape index (κ3) is 4.40. The van der Waals surface area contributed by atoms with Crippen molar-refractivity contribution in [3.05, 3.63) is 69.9 Å². The minimum atomic E-state index is -0.728. The first-order valence-corrected chi connectivity index (χ1v) is 11.3. The van der Waals surface area contributed by atoms with Crippen LogP contribution in [0.25, 0.3) is 0 Å². The lowest BCUT2D eigenvalue weighted by atomic mass is 9.69. The van der Waals surface area contributed by atoms with Gasteiger partial charge in [-0.15, -0.1) is 0 Å². The fourth-order valence-electron chi connectivity index (χ4n) is 4.82. The van der Waals surface area contributed by atoms with E-state index < -0.39 is 17.8 Å². The molecular formula is C26H26ClNO5. The van der Waals surface area contributed by atoms with Crippen LogP contribution in [-0.2, 0) is 14.3 Å². The van der Waals surface area contributed by atoms with Crippen molar-refractivity contribution in [1.29, 1.82) is 0 Å². The predicted molar refractivity (Wildman–Crippen MR) is 126 cm³/mol. The van der Waals surface area contributed by atoms with Crippen LogP contribution in [0.2, 0.25) is 5.02 Å². The van der Waals surface area contributed by atoms with E-state index in [1.165, 1.54) is 13.2 Å². The van der Waals surface area contributed by atoms with E-state index in [-0.39, 0.29) is 29.8 Å². The molecule has 0 radical (unpaired) electrons. The molecule has 3 atom stereocenters. The number of aliphatic imine (C=N–C) groups is 1. The van der Waals surface area contributed by atoms with Crippen LogP contribution in [0.4, 0.5) is 0 Å². The Bertz CT molecular complexity index is 1150. The van der Waals surface area contributed by atoms with Gasteiger partial charge in [-0.05, 0) is 61.6 Å². The Morgan fingerprint density at radius 2 is 1.85 bits per heavy atom. The number of benzene rings is 2. The molecule has 1 heterocycles. The number of nitrogens with zero attached hydrogens (tertiary/aromatic N) is 1. The van der Waals surface area contributed by atoms with E-state index >= 15 is 0 Å². The number of phenolic OH excluding ortho intramolecular Hbond substituents is 1. The van der Waals surface area contributed by atoms with Gasteiger partial charge in [-0.2, -0.15) is 0 Å². The van der Waals surface area contributed by atoms with Crippen LogP contribution in [0.15, 0.2) is 58.7 Å². The molecule has 0 saturated heterocycles. The average Bonchev–Trinajstić information content (AvgIpc) is 2.79. The van der Waals surface area contributed by atoms with Gasteiger partial charge in [-0.1, -0.05) is 29.8 Å². The number of ketones is 1. The second kappa shape index (κ2) is 9.40. The van der Waals surface area contributed by atoms with Gasteiger partial charge in [0.25, 0.3) is 0 Å². The summed E-state index contributed by atoms with van der Waals surface area (Å²) >= 11 is 6.03. The number of halogens is 1. The highest BCUT2D eigenvalue weighted by Gasteiger charge is 2.44. The molecule has 1 aliphatic carbocycles. The molecule has 33 heavy (non-hydrogen) atoms. The van der Waals surface area contributed by atoms with Crippen molar-refractivity contribution in [2.45, 2.75) is 38.5 Å². The topological polar surface area (TPSA) is 85.2 Å². The summed E-state index contributed by atoms with van der Waals surface area (Å²) in [5, 5.41) is 10.7. The van der Waals surface area contributed by atoms with Crippen molar-refractivity contribution in [3.63, 3.8) is 0 Å². The normalized spacial score (nSPS) is 22.5. The number of hydrogen-bond acceptors (Lipinski definition) is 6. The summed E-state index contributed by atoms with van der Waals surface area (Å²) in [6, 6.07) is 12.4. The number of rotatable bonds is 5. The van der Waals surface area contributed by atoms with Crippen LogP contribution >= 0.6 is 11.6 Å². The Labute approximate surface area is 197 Å². The number of Topliss-reactive ketones (excluding diaryl/α,β-unsaturated/α-hetero) is 1. The molecule has 1 N–H and O–H groups in total. The Balaban J connectivity index is 1.82. The van der Waals surface area contributed by atoms with Gasteiger partial charge in [-0.3, -0.25) is 14.6 Å². The van der Waals surface area contributed by atoms with Gasteiger partial charge in [0.2, 0.25) is 0 Å². The Morgan fingerprint density at radius 1 is 1.15 bits per heavy atom. The zero-order valence-electron chi connectivity index (χ0n) is 18.8. The summed E-state index contributed by atoms with van der Waals surface area (Å²) in [5.74, 6) is -1.51. The van der Waals surface area contributed by atoms with Gasteiger partial charge >= 0.3 is 5.97 Å². The Hall–Kier alpha value is -3.12. The first-order valence-electron chi connectivity index (χ1n) is 10.9. The van der Waals surface area contributed by atoms with Crippen molar-refractivity contribution in [2.24, 2.45) is 10.9 Å². The standard InChI is InChI=1S/C26H26ClNO5/c1-4-33-26(31)23-14(2)28-19-11-17(15-5-8-18(27)9-6-15)12-21(30)25(19)24(23)16-7-10-20(29)22(13-16)32-3/h5-10,13,17,23-24,29H,4,11-12H2,1-3H3/t17-,23?,24-/m0/s1. The highest BCUT2D eigenvalue weighted by molar-refractivity contribution is 6.30. The number of esters is 1. The molecule has 7 heteroatoms. The minimum Gasteiger partial charge on any atom is -0.504 e. The maximum Gasteiger partial charge on any atom is 0.315 e. The summed E-state index contributed by atoms with van der Waals surface area (Å²) in [4.78, 5) is 31.3. The molecule has 2 aromatic rings. The molecule has 172 valence electrons. The van der Waals surface area contributed by atoms with E-state index in [0.29, 0.717) is 40.4 Å². The van der Waals surface area contributed by atoms with Crippen molar-refractivity contribution in [2.75, 3.05) is 13.7 Å². The van der Waals surface area contributed by atoms with Crippen molar-refractivity contribution in [1.82, 2.24) is 0 Å². The summed E-state index contributed by atoms with van der Waals surface area (Å²) in [5.41, 5.74) is 3.57. The van der Waals surface area contributed by atoms with E-state index in [1.807, 2.05) is 24.3 Å². The zero-order valence-corrected chi connectivity index (χ0v) is 19.6. The van der Waals surface area contributed by atoms with E-state index in [9.17, 15) is 14.7 Å². The van der Waals surface area contributed by atoms with Gasteiger partial charge in [0.15, 0.2) is 17.3 Å². The van der Waals surface area contributed by atoms with E-state index in [0.717, 1.165) is 5.56 Å². The smallest absolute Gasteiger partial charge is 0.315 e. The third-order valence-electron chi connectivity index (χ3n) is 6.33.